The minimum Gasteiger partial charge on any atom is -0.348 e. The summed E-state index contributed by atoms with van der Waals surface area (Å²) in [7, 11) is 1.58. The second kappa shape index (κ2) is 9.86. The Morgan fingerprint density at radius 2 is 1.78 bits per heavy atom. The zero-order chi connectivity index (χ0) is 23.3. The van der Waals surface area contributed by atoms with Crippen molar-refractivity contribution in [2.45, 2.75) is 12.8 Å². The summed E-state index contributed by atoms with van der Waals surface area (Å²) in [5.41, 5.74) is -0.597. The predicted molar refractivity (Wildman–Crippen MR) is 115 cm³/mol. The van der Waals surface area contributed by atoms with E-state index in [-0.39, 0.29) is 40.9 Å². The van der Waals surface area contributed by atoms with Crippen LogP contribution in [-0.4, -0.2) is 51.7 Å². The Kier molecular flexibility index (Phi) is 6.98. The van der Waals surface area contributed by atoms with Crippen molar-refractivity contribution in [3.05, 3.63) is 68.6 Å². The molecule has 0 spiro atoms. The number of aromatic nitrogens is 1. The molecule has 0 bridgehead atoms. The smallest absolute Gasteiger partial charge is 0.313 e. The predicted octanol–water partition coefficient (Wildman–Crippen LogP) is 0.901. The number of aryl methyl sites for hydroxylation is 1. The zero-order valence-electron chi connectivity index (χ0n) is 17.4. The van der Waals surface area contributed by atoms with Gasteiger partial charge in [0.25, 0.3) is 17.2 Å². The number of carbonyl (C=O) groups is 3. The van der Waals surface area contributed by atoms with E-state index in [1.807, 2.05) is 0 Å². The maximum atomic E-state index is 12.6. The van der Waals surface area contributed by atoms with E-state index in [1.165, 1.54) is 34.9 Å². The van der Waals surface area contributed by atoms with Crippen LogP contribution in [0.1, 0.15) is 23.2 Å². The van der Waals surface area contributed by atoms with Crippen molar-refractivity contribution < 1.29 is 19.3 Å². The van der Waals surface area contributed by atoms with Crippen molar-refractivity contribution in [1.29, 1.82) is 0 Å². The number of nitrogens with one attached hydrogen (secondary N) is 2. The van der Waals surface area contributed by atoms with E-state index in [4.69, 9.17) is 0 Å². The maximum Gasteiger partial charge on any atom is 0.313 e. The molecule has 0 radical (unpaired) electrons. The first kappa shape index (κ1) is 22.7. The standard InChI is InChI=1S/C21H23N5O6/c1-24-10-4-5-15(20(24)29)21(30)25-11-8-14(9-12-25)13-22-18(27)19(28)23-16-6-2-3-7-17(16)26(31)32/h2-7,10,14H,8-9,11-13H2,1H3,(H,22,27)(H,23,28). The first-order valence-corrected chi connectivity index (χ1v) is 10.1. The fourth-order valence-corrected chi connectivity index (χ4v) is 3.51. The Morgan fingerprint density at radius 3 is 2.47 bits per heavy atom. The summed E-state index contributed by atoms with van der Waals surface area (Å²) in [4.78, 5) is 60.9. The number of anilines is 1. The Labute approximate surface area is 183 Å². The van der Waals surface area contributed by atoms with Gasteiger partial charge in [0, 0.05) is 38.9 Å². The van der Waals surface area contributed by atoms with Gasteiger partial charge in [-0.3, -0.25) is 29.3 Å². The molecule has 1 aromatic carbocycles. The second-order valence-electron chi connectivity index (χ2n) is 7.51. The van der Waals surface area contributed by atoms with Crippen LogP contribution >= 0.6 is 0 Å². The lowest BCUT2D eigenvalue weighted by Gasteiger charge is -2.32. The van der Waals surface area contributed by atoms with Gasteiger partial charge in [0.05, 0.1) is 4.92 Å². The number of nitro groups is 1. The number of para-hydroxylation sites is 2. The molecule has 1 fully saturated rings. The van der Waals surface area contributed by atoms with Gasteiger partial charge in [0.15, 0.2) is 0 Å². The lowest BCUT2D eigenvalue weighted by molar-refractivity contribution is -0.383. The molecule has 0 unspecified atom stereocenters. The van der Waals surface area contributed by atoms with Gasteiger partial charge in [-0.2, -0.15) is 0 Å². The van der Waals surface area contributed by atoms with Crippen LogP contribution in [0.5, 0.6) is 0 Å². The summed E-state index contributed by atoms with van der Waals surface area (Å²) >= 11 is 0. The van der Waals surface area contributed by atoms with Gasteiger partial charge in [0.2, 0.25) is 0 Å². The third-order valence-electron chi connectivity index (χ3n) is 5.36. The lowest BCUT2D eigenvalue weighted by Crippen LogP contribution is -2.44. The molecule has 1 aliphatic heterocycles. The third kappa shape index (κ3) is 5.17. The van der Waals surface area contributed by atoms with Crippen molar-refractivity contribution in [2.75, 3.05) is 25.0 Å². The number of hydrogen-bond donors (Lipinski definition) is 2. The maximum absolute atomic E-state index is 12.6. The molecular formula is C21H23N5O6. The van der Waals surface area contributed by atoms with Gasteiger partial charge in [-0.1, -0.05) is 12.1 Å². The largest absolute Gasteiger partial charge is 0.348 e. The normalized spacial score (nSPS) is 14.0. The molecule has 1 saturated heterocycles. The van der Waals surface area contributed by atoms with E-state index in [9.17, 15) is 29.3 Å². The average Bonchev–Trinajstić information content (AvgIpc) is 2.79. The van der Waals surface area contributed by atoms with Crippen LogP contribution in [0.25, 0.3) is 0 Å². The van der Waals surface area contributed by atoms with E-state index in [2.05, 4.69) is 10.6 Å². The molecule has 0 atom stereocenters. The highest BCUT2D eigenvalue weighted by Crippen LogP contribution is 2.23. The van der Waals surface area contributed by atoms with E-state index >= 15 is 0 Å². The summed E-state index contributed by atoms with van der Waals surface area (Å²) in [5.74, 6) is -2.15. The van der Waals surface area contributed by atoms with Crippen molar-refractivity contribution in [3.63, 3.8) is 0 Å². The Bertz CT molecular complexity index is 1100. The van der Waals surface area contributed by atoms with Crippen LogP contribution < -0.4 is 16.2 Å². The van der Waals surface area contributed by atoms with Gasteiger partial charge >= 0.3 is 11.8 Å². The lowest BCUT2D eigenvalue weighted by atomic mass is 9.96. The summed E-state index contributed by atoms with van der Waals surface area (Å²) in [5, 5.41) is 15.8. The van der Waals surface area contributed by atoms with Crippen LogP contribution in [0.2, 0.25) is 0 Å². The molecule has 32 heavy (non-hydrogen) atoms. The van der Waals surface area contributed by atoms with Crippen molar-refractivity contribution in [2.24, 2.45) is 13.0 Å². The van der Waals surface area contributed by atoms with Crippen molar-refractivity contribution in [3.8, 4) is 0 Å². The van der Waals surface area contributed by atoms with E-state index < -0.39 is 16.7 Å². The average molecular weight is 441 g/mol. The van der Waals surface area contributed by atoms with Crippen LogP contribution in [-0.2, 0) is 16.6 Å². The molecule has 3 amide bonds. The Balaban J connectivity index is 1.48. The van der Waals surface area contributed by atoms with Crippen molar-refractivity contribution in [1.82, 2.24) is 14.8 Å². The number of pyridine rings is 1. The van der Waals surface area contributed by atoms with Gasteiger partial charge in [-0.15, -0.1) is 0 Å². The molecule has 0 aliphatic carbocycles. The van der Waals surface area contributed by atoms with Gasteiger partial charge in [0.1, 0.15) is 11.3 Å². The molecule has 1 aliphatic rings. The minimum atomic E-state index is -0.994. The molecule has 11 heteroatoms. The minimum absolute atomic E-state index is 0.0560. The summed E-state index contributed by atoms with van der Waals surface area (Å²) in [6.07, 6.45) is 2.79. The highest BCUT2D eigenvalue weighted by Gasteiger charge is 2.26. The Morgan fingerprint density at radius 1 is 1.09 bits per heavy atom. The Hall–Kier alpha value is -4.02. The van der Waals surface area contributed by atoms with Gasteiger partial charge in [-0.25, -0.2) is 0 Å². The molecule has 1 aromatic heterocycles. The molecular weight excluding hydrogens is 418 g/mol. The number of amides is 3. The fraction of sp³-hybridized carbons (Fsp3) is 0.333. The molecule has 2 N–H and O–H groups in total. The van der Waals surface area contributed by atoms with Crippen molar-refractivity contribution >= 4 is 29.1 Å². The number of hydrogen-bond acceptors (Lipinski definition) is 6. The second-order valence-corrected chi connectivity index (χ2v) is 7.51. The fourth-order valence-electron chi connectivity index (χ4n) is 3.51. The summed E-state index contributed by atoms with van der Waals surface area (Å²) < 4.78 is 1.35. The molecule has 0 saturated carbocycles. The van der Waals surface area contributed by atoms with E-state index in [0.717, 1.165) is 0 Å². The quantitative estimate of drug-likeness (QED) is 0.401. The van der Waals surface area contributed by atoms with Crippen LogP contribution in [0.4, 0.5) is 11.4 Å². The van der Waals surface area contributed by atoms with Crippen LogP contribution in [0, 0.1) is 16.0 Å². The van der Waals surface area contributed by atoms with Gasteiger partial charge < -0.3 is 20.1 Å². The summed E-state index contributed by atoms with van der Waals surface area (Å²) in [6.45, 7) is 1.10. The van der Waals surface area contributed by atoms with Crippen LogP contribution in [0.3, 0.4) is 0 Å². The number of benzene rings is 1. The van der Waals surface area contributed by atoms with Gasteiger partial charge in [-0.05, 0) is 37.0 Å². The molecule has 2 aromatic rings. The number of likely N-dealkylation sites (tertiary alicyclic amines) is 1. The first-order chi connectivity index (χ1) is 15.3. The SMILES string of the molecule is Cn1cccc(C(=O)N2CCC(CNC(=O)C(=O)Nc3ccccc3[N+](=O)[O-])CC2)c1=O. The van der Waals surface area contributed by atoms with E-state index in [1.54, 1.807) is 24.2 Å². The molecule has 3 rings (SSSR count). The number of nitrogens with zero attached hydrogens (tertiary/aromatic N) is 3. The molecule has 168 valence electrons. The summed E-state index contributed by atoms with van der Waals surface area (Å²) in [6, 6.07) is 8.70. The zero-order valence-corrected chi connectivity index (χ0v) is 17.4. The first-order valence-electron chi connectivity index (χ1n) is 10.1. The number of piperidine rings is 1. The topological polar surface area (TPSA) is 144 Å². The number of rotatable bonds is 5. The highest BCUT2D eigenvalue weighted by molar-refractivity contribution is 6.39. The number of nitro benzene ring substituents is 1. The van der Waals surface area contributed by atoms with E-state index in [0.29, 0.717) is 25.9 Å². The highest BCUT2D eigenvalue weighted by atomic mass is 16.6. The third-order valence-corrected chi connectivity index (χ3v) is 5.36. The molecule has 2 heterocycles. The monoisotopic (exact) mass is 441 g/mol. The molecule has 11 nitrogen and oxygen atoms in total. The van der Waals surface area contributed by atoms with Crippen LogP contribution in [0.15, 0.2) is 47.4 Å². The number of carbonyl (C=O) groups excluding carboxylic acids is 3.